The molecule has 0 unspecified atom stereocenters. The van der Waals surface area contributed by atoms with E-state index in [1.807, 2.05) is 20.8 Å². The summed E-state index contributed by atoms with van der Waals surface area (Å²) in [6, 6.07) is 0. The van der Waals surface area contributed by atoms with Crippen LogP contribution in [-0.2, 0) is 19.0 Å². The van der Waals surface area contributed by atoms with Gasteiger partial charge >= 0.3 is 5.97 Å². The van der Waals surface area contributed by atoms with Gasteiger partial charge in [0.1, 0.15) is 17.8 Å². The first kappa shape index (κ1) is 16.9. The number of carbonyl (C=O) groups is 1. The van der Waals surface area contributed by atoms with Gasteiger partial charge in [0, 0.05) is 22.7 Å². The standard InChI is InChI=1S/C20H26O7/c1-8-4-10(21)14(23)17(2)9(8)5-12-19-7-25-20(24,15(17)19)16-18(3,27-16)11(19)6-13(22)26-12/h4,9-12,14-16,21,23-24H,5-7H2,1-3H3/t9-,10-,11-,12+,14+,15+,16+,17+,18+,19+,20+/m0/s1. The molecule has 1 spiro atoms. The molecule has 148 valence electrons. The second-order valence-electron chi connectivity index (χ2n) is 10.0. The number of epoxide rings is 1. The number of hydrogen-bond donors (Lipinski definition) is 3. The second kappa shape index (κ2) is 4.44. The average Bonchev–Trinajstić information content (AvgIpc) is 3.22. The maximum Gasteiger partial charge on any atom is 0.306 e. The minimum atomic E-state index is -1.56. The minimum Gasteiger partial charge on any atom is -0.462 e. The molecule has 6 aliphatic rings. The summed E-state index contributed by atoms with van der Waals surface area (Å²) < 4.78 is 17.9. The third-order valence-corrected chi connectivity index (χ3v) is 9.07. The highest BCUT2D eigenvalue weighted by atomic mass is 16.7. The van der Waals surface area contributed by atoms with Gasteiger partial charge in [0.25, 0.3) is 0 Å². The van der Waals surface area contributed by atoms with Crippen molar-refractivity contribution in [3.8, 4) is 0 Å². The fourth-order valence-electron chi connectivity index (χ4n) is 8.07. The Labute approximate surface area is 157 Å². The van der Waals surface area contributed by atoms with Crippen molar-refractivity contribution < 1.29 is 34.3 Å². The molecule has 0 radical (unpaired) electrons. The topological polar surface area (TPSA) is 109 Å². The molecule has 3 saturated heterocycles. The van der Waals surface area contributed by atoms with E-state index in [4.69, 9.17) is 14.2 Å². The molecule has 2 saturated carbocycles. The molecule has 3 N–H and O–H groups in total. The van der Waals surface area contributed by atoms with Crippen LogP contribution in [0.3, 0.4) is 0 Å². The summed E-state index contributed by atoms with van der Waals surface area (Å²) in [5.41, 5.74) is -1.09. The van der Waals surface area contributed by atoms with Gasteiger partial charge in [-0.05, 0) is 26.2 Å². The van der Waals surface area contributed by atoms with Crippen molar-refractivity contribution in [1.29, 1.82) is 0 Å². The van der Waals surface area contributed by atoms with Crippen molar-refractivity contribution >= 4 is 5.97 Å². The molecule has 3 aliphatic heterocycles. The first-order chi connectivity index (χ1) is 12.6. The summed E-state index contributed by atoms with van der Waals surface area (Å²) in [6.45, 7) is 6.11. The quantitative estimate of drug-likeness (QED) is 0.312. The predicted molar refractivity (Wildman–Crippen MR) is 90.1 cm³/mol. The number of hydrogen-bond acceptors (Lipinski definition) is 7. The zero-order chi connectivity index (χ0) is 19.1. The summed E-state index contributed by atoms with van der Waals surface area (Å²) in [7, 11) is 0. The number of aliphatic hydroxyl groups excluding tert-OH is 2. The Morgan fingerprint density at radius 3 is 2.74 bits per heavy atom. The Kier molecular flexibility index (Phi) is 2.78. The van der Waals surface area contributed by atoms with Crippen LogP contribution in [0.2, 0.25) is 0 Å². The molecular formula is C20H26O7. The van der Waals surface area contributed by atoms with Crippen molar-refractivity contribution in [1.82, 2.24) is 0 Å². The number of fused-ring (bicyclic) bond motifs is 4. The first-order valence-corrected chi connectivity index (χ1v) is 9.88. The van der Waals surface area contributed by atoms with Crippen molar-refractivity contribution in [2.24, 2.45) is 28.6 Å². The van der Waals surface area contributed by atoms with Gasteiger partial charge in [0.15, 0.2) is 5.79 Å². The van der Waals surface area contributed by atoms with Gasteiger partial charge < -0.3 is 29.5 Å². The molecule has 0 aromatic rings. The Hall–Kier alpha value is -0.990. The highest BCUT2D eigenvalue weighted by Crippen LogP contribution is 2.78. The maximum atomic E-state index is 12.4. The second-order valence-corrected chi connectivity index (χ2v) is 10.0. The summed E-state index contributed by atoms with van der Waals surface area (Å²) in [5.74, 6) is -2.54. The first-order valence-electron chi connectivity index (χ1n) is 9.88. The van der Waals surface area contributed by atoms with E-state index >= 15 is 0 Å². The third-order valence-electron chi connectivity index (χ3n) is 9.07. The summed E-state index contributed by atoms with van der Waals surface area (Å²) in [5, 5.41) is 33.4. The van der Waals surface area contributed by atoms with Crippen LogP contribution in [0.15, 0.2) is 11.6 Å². The van der Waals surface area contributed by atoms with Gasteiger partial charge in [-0.2, -0.15) is 0 Å². The predicted octanol–water partition coefficient (Wildman–Crippen LogP) is 0.119. The molecule has 0 aromatic carbocycles. The fraction of sp³-hybridized carbons (Fsp3) is 0.850. The Morgan fingerprint density at radius 2 is 2.00 bits per heavy atom. The van der Waals surface area contributed by atoms with E-state index < -0.39 is 52.6 Å². The lowest BCUT2D eigenvalue weighted by atomic mass is 9.38. The maximum absolute atomic E-state index is 12.4. The summed E-state index contributed by atoms with van der Waals surface area (Å²) in [6.07, 6.45) is -0.495. The lowest BCUT2D eigenvalue weighted by molar-refractivity contribution is -0.292. The highest BCUT2D eigenvalue weighted by Gasteiger charge is 2.89. The monoisotopic (exact) mass is 378 g/mol. The normalized spacial score (nSPS) is 65.5. The van der Waals surface area contributed by atoms with Crippen molar-refractivity contribution in [2.45, 2.75) is 69.4 Å². The largest absolute Gasteiger partial charge is 0.462 e. The summed E-state index contributed by atoms with van der Waals surface area (Å²) >= 11 is 0. The third kappa shape index (κ3) is 1.53. The van der Waals surface area contributed by atoms with E-state index in [1.54, 1.807) is 6.08 Å². The van der Waals surface area contributed by atoms with Crippen LogP contribution in [0.1, 0.15) is 33.6 Å². The van der Waals surface area contributed by atoms with Crippen LogP contribution in [0.5, 0.6) is 0 Å². The molecule has 7 nitrogen and oxygen atoms in total. The van der Waals surface area contributed by atoms with Crippen LogP contribution in [0.25, 0.3) is 0 Å². The molecule has 11 atom stereocenters. The van der Waals surface area contributed by atoms with E-state index in [-0.39, 0.29) is 30.8 Å². The number of carbonyl (C=O) groups excluding carboxylic acids is 1. The fourth-order valence-corrected chi connectivity index (χ4v) is 8.07. The number of aliphatic hydroxyl groups is 3. The van der Waals surface area contributed by atoms with Gasteiger partial charge in [0.2, 0.25) is 0 Å². The van der Waals surface area contributed by atoms with Crippen LogP contribution < -0.4 is 0 Å². The zero-order valence-corrected chi connectivity index (χ0v) is 15.7. The van der Waals surface area contributed by atoms with Crippen LogP contribution in [-0.4, -0.2) is 63.7 Å². The van der Waals surface area contributed by atoms with E-state index in [0.29, 0.717) is 6.42 Å². The summed E-state index contributed by atoms with van der Waals surface area (Å²) in [4.78, 5) is 12.4. The molecule has 27 heavy (non-hydrogen) atoms. The van der Waals surface area contributed by atoms with Gasteiger partial charge in [-0.25, -0.2) is 0 Å². The number of ether oxygens (including phenoxy) is 3. The van der Waals surface area contributed by atoms with E-state index in [2.05, 4.69) is 0 Å². The molecule has 2 bridgehead atoms. The molecule has 0 aromatic heterocycles. The lowest BCUT2D eigenvalue weighted by Crippen LogP contribution is -2.74. The molecule has 3 heterocycles. The number of rotatable bonds is 0. The van der Waals surface area contributed by atoms with Gasteiger partial charge in [0.05, 0.1) is 25.2 Å². The molecular weight excluding hydrogens is 352 g/mol. The molecule has 0 amide bonds. The minimum absolute atomic E-state index is 0.123. The molecule has 7 heteroatoms. The van der Waals surface area contributed by atoms with E-state index in [1.165, 1.54) is 0 Å². The van der Waals surface area contributed by atoms with Crippen molar-refractivity contribution in [2.75, 3.05) is 6.61 Å². The van der Waals surface area contributed by atoms with E-state index in [0.717, 1.165) is 5.57 Å². The Balaban J connectivity index is 1.62. The number of allylic oxidation sites excluding steroid dienone is 1. The van der Waals surface area contributed by atoms with Crippen LogP contribution in [0, 0.1) is 28.6 Å². The molecule has 5 fully saturated rings. The Bertz CT molecular complexity index is 795. The molecule has 3 aliphatic carbocycles. The zero-order valence-electron chi connectivity index (χ0n) is 15.7. The Morgan fingerprint density at radius 1 is 1.26 bits per heavy atom. The van der Waals surface area contributed by atoms with Crippen molar-refractivity contribution in [3.63, 3.8) is 0 Å². The molecule has 6 rings (SSSR count). The highest BCUT2D eigenvalue weighted by molar-refractivity contribution is 5.72. The van der Waals surface area contributed by atoms with Crippen LogP contribution >= 0.6 is 0 Å². The lowest BCUT2D eigenvalue weighted by Gasteiger charge is -2.66. The SMILES string of the molecule is CC1=C[C@H](O)[C@@H](O)[C@]2(C)[C@H]3[C@@]4(O)OC[C@@]35[C@@H](C[C@@H]12)OC(=O)C[C@H]5[C@@]1(C)O[C@H]14. The van der Waals surface area contributed by atoms with Crippen molar-refractivity contribution in [3.05, 3.63) is 11.6 Å². The van der Waals surface area contributed by atoms with E-state index in [9.17, 15) is 20.1 Å². The van der Waals surface area contributed by atoms with Gasteiger partial charge in [-0.1, -0.05) is 18.6 Å². The average molecular weight is 378 g/mol. The van der Waals surface area contributed by atoms with Gasteiger partial charge in [-0.3, -0.25) is 4.79 Å². The van der Waals surface area contributed by atoms with Gasteiger partial charge in [-0.15, -0.1) is 0 Å². The van der Waals surface area contributed by atoms with Crippen LogP contribution in [0.4, 0.5) is 0 Å². The number of esters is 1. The smallest absolute Gasteiger partial charge is 0.306 e.